The molecule has 246 valence electrons. The van der Waals surface area contributed by atoms with E-state index in [-0.39, 0.29) is 79.3 Å². The predicted molar refractivity (Wildman–Crippen MR) is 146 cm³/mol. The van der Waals surface area contributed by atoms with Crippen LogP contribution >= 0.6 is 0 Å². The molecule has 0 unspecified atom stereocenters. The first-order valence-electron chi connectivity index (χ1n) is 13.3. The van der Waals surface area contributed by atoms with Crippen molar-refractivity contribution in [2.75, 3.05) is 72.9 Å². The van der Waals surface area contributed by atoms with Crippen molar-refractivity contribution >= 4 is 30.7 Å². The van der Waals surface area contributed by atoms with E-state index in [0.29, 0.717) is 6.42 Å². The first kappa shape index (κ1) is 38.7. The largest absolute Gasteiger partial charge is 0.497 e. The predicted octanol–water partition coefficient (Wildman–Crippen LogP) is 1.22. The van der Waals surface area contributed by atoms with Crippen LogP contribution in [-0.2, 0) is 47.4 Å². The molecular weight excluding hydrogens is 580 g/mol. The lowest BCUT2D eigenvalue weighted by atomic mass is 10.3. The van der Waals surface area contributed by atoms with Gasteiger partial charge < -0.3 is 47.4 Å². The number of amides is 4. The summed E-state index contributed by atoms with van der Waals surface area (Å²) in [4.78, 5) is 56.4. The number of rotatable bonds is 25. The van der Waals surface area contributed by atoms with Gasteiger partial charge in [-0.2, -0.15) is 0 Å². The van der Waals surface area contributed by atoms with Crippen molar-refractivity contribution in [2.24, 2.45) is 0 Å². The molecule has 0 rings (SSSR count). The monoisotopic (exact) mass is 622 g/mol. The highest BCUT2D eigenvalue weighted by atomic mass is 16.6. The summed E-state index contributed by atoms with van der Waals surface area (Å²) in [6, 6.07) is 0. The second kappa shape index (κ2) is 29.2. The lowest BCUT2D eigenvalue weighted by Crippen LogP contribution is -2.32. The molecule has 0 aromatic rings. The third-order valence-corrected chi connectivity index (χ3v) is 4.23. The molecule has 0 aromatic carbocycles. The molecule has 0 saturated carbocycles. The third kappa shape index (κ3) is 27.6. The molecule has 18 nitrogen and oxygen atoms in total. The molecule has 0 aliphatic carbocycles. The van der Waals surface area contributed by atoms with Gasteiger partial charge >= 0.3 is 24.4 Å². The number of ether oxygens (including phenoxy) is 9. The van der Waals surface area contributed by atoms with Gasteiger partial charge in [-0.15, -0.1) is 0 Å². The van der Waals surface area contributed by atoms with E-state index in [0.717, 1.165) is 6.29 Å². The maximum absolute atomic E-state index is 11.9. The Labute approximate surface area is 249 Å². The van der Waals surface area contributed by atoms with Crippen molar-refractivity contribution in [1.82, 2.24) is 21.3 Å². The first-order chi connectivity index (χ1) is 20.9. The van der Waals surface area contributed by atoms with E-state index in [4.69, 9.17) is 33.2 Å². The summed E-state index contributed by atoms with van der Waals surface area (Å²) in [6.07, 6.45) is 2.66. The molecule has 0 aliphatic heterocycles. The Bertz CT molecular complexity index is 770. The molecule has 0 saturated heterocycles. The molecule has 0 bridgehead atoms. The van der Waals surface area contributed by atoms with Gasteiger partial charge in [0.25, 0.3) is 0 Å². The van der Waals surface area contributed by atoms with E-state index in [1.54, 1.807) is 13.8 Å². The van der Waals surface area contributed by atoms with Crippen LogP contribution in [0.15, 0.2) is 24.9 Å². The third-order valence-electron chi connectivity index (χ3n) is 4.23. The lowest BCUT2D eigenvalue weighted by Gasteiger charge is -2.17. The quantitative estimate of drug-likeness (QED) is 0.0370. The van der Waals surface area contributed by atoms with E-state index in [1.165, 1.54) is 24.9 Å². The second-order valence-corrected chi connectivity index (χ2v) is 7.53. The number of hydrogen-bond acceptors (Lipinski definition) is 14. The van der Waals surface area contributed by atoms with Crippen molar-refractivity contribution in [2.45, 2.75) is 32.8 Å². The Morgan fingerprint density at radius 2 is 1.14 bits per heavy atom. The number of unbranched alkanes of at least 4 members (excludes halogenated alkanes) is 1. The van der Waals surface area contributed by atoms with Gasteiger partial charge in [0.1, 0.15) is 52.3 Å². The standard InChI is InChI=1S/C25H42N4O14/c1-3-39-24(33)28-19-37-15-13-35-11-7-26-22(31)42-17-21(41-10-6-5-9-30)18-43-23(32)27-8-12-36-14-16-38-20-29-25(34)40-4-2/h7-9,11-12,21H,3-6,10,13-20H2,1-2H3,(H,26,31)(H,27,32)(H,28,33)(H,29,34)/b11-7+,12-8+. The number of nitrogens with one attached hydrogen (secondary N) is 4. The number of carbonyl (C=O) groups is 5. The summed E-state index contributed by atoms with van der Waals surface area (Å²) in [6.45, 7) is 4.12. The number of alkyl carbamates (subject to hydrolysis) is 4. The van der Waals surface area contributed by atoms with Gasteiger partial charge in [0.15, 0.2) is 0 Å². The number of hydrogen-bond donors (Lipinski definition) is 4. The maximum Gasteiger partial charge on any atom is 0.411 e. The Balaban J connectivity index is 4.14. The summed E-state index contributed by atoms with van der Waals surface area (Å²) in [7, 11) is 0. The summed E-state index contributed by atoms with van der Waals surface area (Å²) in [5.74, 6) is 0. The molecule has 43 heavy (non-hydrogen) atoms. The summed E-state index contributed by atoms with van der Waals surface area (Å²) < 4.78 is 45.4. The van der Waals surface area contributed by atoms with E-state index in [9.17, 15) is 24.0 Å². The highest BCUT2D eigenvalue weighted by Gasteiger charge is 2.15. The molecule has 4 amide bonds. The van der Waals surface area contributed by atoms with Gasteiger partial charge in [0, 0.05) is 25.4 Å². The first-order valence-corrected chi connectivity index (χ1v) is 13.3. The second-order valence-electron chi connectivity index (χ2n) is 7.53. The fourth-order valence-corrected chi connectivity index (χ4v) is 2.36. The van der Waals surface area contributed by atoms with Crippen LogP contribution in [0.25, 0.3) is 0 Å². The minimum atomic E-state index is -0.818. The van der Waals surface area contributed by atoms with Gasteiger partial charge in [-0.05, 0) is 20.3 Å². The summed E-state index contributed by atoms with van der Waals surface area (Å²) in [5.41, 5.74) is 0. The lowest BCUT2D eigenvalue weighted by molar-refractivity contribution is -0.108. The molecule has 4 N–H and O–H groups in total. The smallest absolute Gasteiger partial charge is 0.411 e. The topological polar surface area (TPSA) is 217 Å². The molecule has 0 fully saturated rings. The fraction of sp³-hybridized carbons (Fsp3) is 0.640. The van der Waals surface area contributed by atoms with E-state index >= 15 is 0 Å². The molecule has 0 heterocycles. The minimum absolute atomic E-state index is 0.0403. The SMILES string of the molecule is CCOC(=O)NCOCCO/C=C/NC(=O)OCC(COC(=O)N/C=C/OCCOCNC(=O)OCC)OCCCC=O. The van der Waals surface area contributed by atoms with Crippen molar-refractivity contribution in [3.8, 4) is 0 Å². The Morgan fingerprint density at radius 3 is 1.58 bits per heavy atom. The average molecular weight is 623 g/mol. The van der Waals surface area contributed by atoms with Crippen LogP contribution in [0.4, 0.5) is 19.2 Å². The Hall–Kier alpha value is -4.29. The van der Waals surface area contributed by atoms with Gasteiger partial charge in [0.05, 0.1) is 39.0 Å². The highest BCUT2D eigenvalue weighted by Crippen LogP contribution is 1.99. The number of carbonyl (C=O) groups excluding carboxylic acids is 5. The molecule has 0 radical (unpaired) electrons. The highest BCUT2D eigenvalue weighted by molar-refractivity contribution is 5.69. The zero-order chi connectivity index (χ0) is 31.8. The van der Waals surface area contributed by atoms with Crippen LogP contribution < -0.4 is 21.3 Å². The van der Waals surface area contributed by atoms with Crippen LogP contribution in [-0.4, -0.2) is 110 Å². The zero-order valence-corrected chi connectivity index (χ0v) is 24.4. The van der Waals surface area contributed by atoms with Gasteiger partial charge in [-0.3, -0.25) is 21.3 Å². The molecule has 18 heteroatoms. The molecule has 0 spiro atoms. The Morgan fingerprint density at radius 1 is 0.651 bits per heavy atom. The van der Waals surface area contributed by atoms with Crippen LogP contribution in [0.2, 0.25) is 0 Å². The van der Waals surface area contributed by atoms with Crippen molar-refractivity contribution in [1.29, 1.82) is 0 Å². The molecular formula is C25H42N4O14. The van der Waals surface area contributed by atoms with Gasteiger partial charge in [-0.25, -0.2) is 19.2 Å². The fourth-order valence-electron chi connectivity index (χ4n) is 2.36. The number of aldehydes is 1. The van der Waals surface area contributed by atoms with E-state index < -0.39 is 30.5 Å². The van der Waals surface area contributed by atoms with Gasteiger partial charge in [-0.1, -0.05) is 0 Å². The molecule has 0 aromatic heterocycles. The summed E-state index contributed by atoms with van der Waals surface area (Å²) >= 11 is 0. The minimum Gasteiger partial charge on any atom is -0.497 e. The Kier molecular flexibility index (Phi) is 26.3. The van der Waals surface area contributed by atoms with Crippen LogP contribution in [0.5, 0.6) is 0 Å². The van der Waals surface area contributed by atoms with E-state index in [2.05, 4.69) is 30.7 Å². The molecule has 0 atom stereocenters. The normalized spacial score (nSPS) is 10.7. The maximum atomic E-state index is 11.9. The van der Waals surface area contributed by atoms with Crippen LogP contribution in [0.3, 0.4) is 0 Å². The van der Waals surface area contributed by atoms with Crippen molar-refractivity contribution in [3.63, 3.8) is 0 Å². The average Bonchev–Trinajstić information content (AvgIpc) is 2.98. The van der Waals surface area contributed by atoms with Crippen LogP contribution in [0.1, 0.15) is 26.7 Å². The van der Waals surface area contributed by atoms with Crippen molar-refractivity contribution in [3.05, 3.63) is 24.9 Å². The van der Waals surface area contributed by atoms with E-state index in [1.807, 2.05) is 0 Å². The van der Waals surface area contributed by atoms with Crippen molar-refractivity contribution < 1.29 is 66.6 Å². The van der Waals surface area contributed by atoms with Crippen LogP contribution in [0, 0.1) is 0 Å². The summed E-state index contributed by atoms with van der Waals surface area (Å²) in [5, 5.41) is 9.38. The van der Waals surface area contributed by atoms with Gasteiger partial charge in [0.2, 0.25) is 0 Å². The molecule has 0 aliphatic rings. The zero-order valence-electron chi connectivity index (χ0n) is 24.4.